The molecule has 3 heteroatoms. The van der Waals surface area contributed by atoms with Gasteiger partial charge in [0.1, 0.15) is 6.07 Å². The lowest BCUT2D eigenvalue weighted by atomic mass is 10.2. The molecule has 0 unspecified atom stereocenters. The van der Waals surface area contributed by atoms with Crippen molar-refractivity contribution in [1.29, 1.82) is 10.5 Å². The summed E-state index contributed by atoms with van der Waals surface area (Å²) in [7, 11) is 0. The average Bonchev–Trinajstić information content (AvgIpc) is 2.15. The van der Waals surface area contributed by atoms with Crippen LogP contribution in [0.4, 0.5) is 0 Å². The highest BCUT2D eigenvalue weighted by Crippen LogP contribution is 2.04. The number of allylic oxidation sites excluding steroid dienone is 1. The summed E-state index contributed by atoms with van der Waals surface area (Å²) in [6.07, 6.45) is 4.39. The van der Waals surface area contributed by atoms with Gasteiger partial charge in [-0.25, -0.2) is 0 Å². The lowest BCUT2D eigenvalue weighted by molar-refractivity contribution is 1.27. The van der Waals surface area contributed by atoms with Gasteiger partial charge in [0.05, 0.1) is 17.3 Å². The first-order valence-electron chi connectivity index (χ1n) is 3.30. The molecule has 0 amide bonds. The van der Waals surface area contributed by atoms with Gasteiger partial charge in [-0.15, -0.1) is 0 Å². The van der Waals surface area contributed by atoms with E-state index in [1.54, 1.807) is 18.3 Å². The number of nitrogens with zero attached hydrogens (tertiary/aromatic N) is 3. The Labute approximate surface area is 70.2 Å². The molecule has 0 N–H and O–H groups in total. The molecule has 0 saturated carbocycles. The monoisotopic (exact) mass is 155 g/mol. The van der Waals surface area contributed by atoms with Crippen LogP contribution in [0.25, 0.3) is 6.08 Å². The van der Waals surface area contributed by atoms with Crippen molar-refractivity contribution >= 4 is 6.08 Å². The third kappa shape index (κ3) is 1.68. The van der Waals surface area contributed by atoms with Crippen LogP contribution in [0.2, 0.25) is 0 Å². The molecule has 0 radical (unpaired) electrons. The molecule has 0 spiro atoms. The SMILES string of the molecule is N#CC=Cc1ncccc1C#N. The summed E-state index contributed by atoms with van der Waals surface area (Å²) >= 11 is 0. The molecule has 1 aromatic heterocycles. The second kappa shape index (κ2) is 3.90. The van der Waals surface area contributed by atoms with E-state index in [2.05, 4.69) is 4.98 Å². The fraction of sp³-hybridized carbons (Fsp3) is 0. The largest absolute Gasteiger partial charge is 0.255 e. The second-order valence-corrected chi connectivity index (χ2v) is 2.01. The number of hydrogen-bond acceptors (Lipinski definition) is 3. The van der Waals surface area contributed by atoms with Crippen molar-refractivity contribution in [1.82, 2.24) is 4.98 Å². The minimum atomic E-state index is 0.476. The van der Waals surface area contributed by atoms with Gasteiger partial charge in [-0.2, -0.15) is 10.5 Å². The molecule has 0 saturated heterocycles. The van der Waals surface area contributed by atoms with Gasteiger partial charge >= 0.3 is 0 Å². The normalized spacial score (nSPS) is 9.17. The van der Waals surface area contributed by atoms with Crippen LogP contribution >= 0.6 is 0 Å². The molecule has 0 fully saturated rings. The van der Waals surface area contributed by atoms with E-state index in [9.17, 15) is 0 Å². The third-order valence-electron chi connectivity index (χ3n) is 1.27. The van der Waals surface area contributed by atoms with Crippen LogP contribution in [0.3, 0.4) is 0 Å². The first-order valence-corrected chi connectivity index (χ1v) is 3.30. The van der Waals surface area contributed by atoms with Crippen LogP contribution in [0.5, 0.6) is 0 Å². The highest BCUT2D eigenvalue weighted by atomic mass is 14.7. The van der Waals surface area contributed by atoms with Crippen LogP contribution < -0.4 is 0 Å². The molecule has 0 aliphatic carbocycles. The van der Waals surface area contributed by atoms with E-state index >= 15 is 0 Å². The molecule has 3 nitrogen and oxygen atoms in total. The van der Waals surface area contributed by atoms with Crippen LogP contribution in [-0.4, -0.2) is 4.98 Å². The maximum absolute atomic E-state index is 8.61. The van der Waals surface area contributed by atoms with Gasteiger partial charge in [0.25, 0.3) is 0 Å². The first kappa shape index (κ1) is 7.97. The molecule has 0 aliphatic heterocycles. The van der Waals surface area contributed by atoms with E-state index < -0.39 is 0 Å². The molecule has 0 aromatic carbocycles. The molecule has 12 heavy (non-hydrogen) atoms. The highest BCUT2D eigenvalue weighted by molar-refractivity contribution is 5.55. The van der Waals surface area contributed by atoms with E-state index in [-0.39, 0.29) is 0 Å². The molecule has 56 valence electrons. The maximum atomic E-state index is 8.61. The minimum absolute atomic E-state index is 0.476. The van der Waals surface area contributed by atoms with Crippen molar-refractivity contribution in [2.24, 2.45) is 0 Å². The van der Waals surface area contributed by atoms with Crippen LogP contribution in [0.1, 0.15) is 11.3 Å². The topological polar surface area (TPSA) is 60.5 Å². The number of pyridine rings is 1. The predicted molar refractivity (Wildman–Crippen MR) is 43.6 cm³/mol. The van der Waals surface area contributed by atoms with E-state index in [0.29, 0.717) is 11.3 Å². The number of nitriles is 2. The average molecular weight is 155 g/mol. The summed E-state index contributed by atoms with van der Waals surface area (Å²) in [6, 6.07) is 7.16. The lowest BCUT2D eigenvalue weighted by Gasteiger charge is -1.92. The van der Waals surface area contributed by atoms with Crippen molar-refractivity contribution in [2.45, 2.75) is 0 Å². The fourth-order valence-corrected chi connectivity index (χ4v) is 0.761. The summed E-state index contributed by atoms with van der Waals surface area (Å²) in [5, 5.41) is 16.9. The van der Waals surface area contributed by atoms with E-state index in [1.807, 2.05) is 12.1 Å². The summed E-state index contributed by atoms with van der Waals surface area (Å²) in [6.45, 7) is 0. The summed E-state index contributed by atoms with van der Waals surface area (Å²) in [5.41, 5.74) is 1.01. The molecular weight excluding hydrogens is 150 g/mol. The van der Waals surface area contributed by atoms with E-state index in [1.165, 1.54) is 12.2 Å². The van der Waals surface area contributed by atoms with Gasteiger partial charge in [-0.05, 0) is 18.2 Å². The van der Waals surface area contributed by atoms with Crippen molar-refractivity contribution < 1.29 is 0 Å². The quantitative estimate of drug-likeness (QED) is 0.577. The number of aromatic nitrogens is 1. The number of rotatable bonds is 1. The Hall–Kier alpha value is -2.13. The first-order chi connectivity index (χ1) is 5.88. The van der Waals surface area contributed by atoms with Gasteiger partial charge in [-0.1, -0.05) is 0 Å². The van der Waals surface area contributed by atoms with Gasteiger partial charge in [0, 0.05) is 12.3 Å². The fourth-order valence-electron chi connectivity index (χ4n) is 0.761. The van der Waals surface area contributed by atoms with Crippen molar-refractivity contribution in [3.63, 3.8) is 0 Å². The van der Waals surface area contributed by atoms with E-state index in [4.69, 9.17) is 10.5 Å². The highest BCUT2D eigenvalue weighted by Gasteiger charge is 1.95. The Bertz CT molecular complexity index is 379. The van der Waals surface area contributed by atoms with Crippen LogP contribution in [0.15, 0.2) is 24.4 Å². The minimum Gasteiger partial charge on any atom is -0.255 e. The van der Waals surface area contributed by atoms with E-state index in [0.717, 1.165) is 0 Å². The van der Waals surface area contributed by atoms with Gasteiger partial charge in [0.2, 0.25) is 0 Å². The van der Waals surface area contributed by atoms with Gasteiger partial charge < -0.3 is 0 Å². The summed E-state index contributed by atoms with van der Waals surface area (Å²) in [4.78, 5) is 3.93. The molecule has 0 bridgehead atoms. The molecule has 1 heterocycles. The Kier molecular flexibility index (Phi) is 2.59. The predicted octanol–water partition coefficient (Wildman–Crippen LogP) is 1.49. The Morgan fingerprint density at radius 1 is 1.42 bits per heavy atom. The standard InChI is InChI=1S/C9H5N3/c10-5-1-4-9-8(7-11)3-2-6-12-9/h1-4,6H. The zero-order valence-electron chi connectivity index (χ0n) is 6.23. The molecular formula is C9H5N3. The van der Waals surface area contributed by atoms with Gasteiger partial charge in [-0.3, -0.25) is 4.98 Å². The van der Waals surface area contributed by atoms with Crippen LogP contribution in [0, 0.1) is 22.7 Å². The second-order valence-electron chi connectivity index (χ2n) is 2.01. The Morgan fingerprint density at radius 3 is 2.92 bits per heavy atom. The smallest absolute Gasteiger partial charge is 0.101 e. The molecule has 1 aromatic rings. The zero-order chi connectivity index (χ0) is 8.81. The molecule has 1 rings (SSSR count). The number of hydrogen-bond donors (Lipinski definition) is 0. The maximum Gasteiger partial charge on any atom is 0.101 e. The van der Waals surface area contributed by atoms with Crippen molar-refractivity contribution in [3.05, 3.63) is 35.7 Å². The van der Waals surface area contributed by atoms with Crippen molar-refractivity contribution in [3.8, 4) is 12.1 Å². The molecule has 0 atom stereocenters. The lowest BCUT2D eigenvalue weighted by Crippen LogP contribution is -1.84. The van der Waals surface area contributed by atoms with Gasteiger partial charge in [0.15, 0.2) is 0 Å². The Balaban J connectivity index is 3.09. The Morgan fingerprint density at radius 2 is 2.25 bits per heavy atom. The third-order valence-corrected chi connectivity index (χ3v) is 1.27. The van der Waals surface area contributed by atoms with Crippen molar-refractivity contribution in [2.75, 3.05) is 0 Å². The zero-order valence-corrected chi connectivity index (χ0v) is 6.23. The van der Waals surface area contributed by atoms with Crippen LogP contribution in [-0.2, 0) is 0 Å². The summed E-state index contributed by atoms with van der Waals surface area (Å²) in [5.74, 6) is 0. The summed E-state index contributed by atoms with van der Waals surface area (Å²) < 4.78 is 0. The molecule has 0 aliphatic rings.